The van der Waals surface area contributed by atoms with Gasteiger partial charge >= 0.3 is 0 Å². The van der Waals surface area contributed by atoms with Crippen LogP contribution in [0.4, 0.5) is 11.4 Å². The number of nitrogens with zero attached hydrogens (tertiary/aromatic N) is 4. The molecule has 2 amide bonds. The lowest BCUT2D eigenvalue weighted by Crippen LogP contribution is -2.40. The predicted molar refractivity (Wildman–Crippen MR) is 99.0 cm³/mol. The number of rotatable bonds is 4. The molecule has 1 fully saturated rings. The third-order valence-corrected chi connectivity index (χ3v) is 5.00. The summed E-state index contributed by atoms with van der Waals surface area (Å²) in [6.45, 7) is 4.11. The Bertz CT molecular complexity index is 891. The molecular weight excluding hydrogens is 328 g/mol. The molecule has 6 heteroatoms. The van der Waals surface area contributed by atoms with E-state index in [-0.39, 0.29) is 11.8 Å². The Kier molecular flexibility index (Phi) is 4.03. The summed E-state index contributed by atoms with van der Waals surface area (Å²) in [6, 6.07) is 13.8. The molecule has 0 saturated carbocycles. The number of imide groups is 1. The molecule has 2 atom stereocenters. The van der Waals surface area contributed by atoms with Gasteiger partial charge in [0.05, 0.1) is 11.4 Å². The summed E-state index contributed by atoms with van der Waals surface area (Å²) in [7, 11) is 0. The first kappa shape index (κ1) is 16.4. The highest BCUT2D eigenvalue weighted by atomic mass is 16.2. The number of fused-ring (bicyclic) bond motifs is 1. The van der Waals surface area contributed by atoms with Crippen molar-refractivity contribution in [1.29, 1.82) is 0 Å². The summed E-state index contributed by atoms with van der Waals surface area (Å²) >= 11 is 0. The zero-order chi connectivity index (χ0) is 18.3. The zero-order valence-electron chi connectivity index (χ0n) is 14.8. The summed E-state index contributed by atoms with van der Waals surface area (Å²) in [5.41, 5.74) is 3.64. The average Bonchev–Trinajstić information content (AvgIpc) is 3.22. The van der Waals surface area contributed by atoms with E-state index in [1.165, 1.54) is 4.90 Å². The van der Waals surface area contributed by atoms with Crippen LogP contribution in [-0.4, -0.2) is 23.9 Å². The first-order valence-electron chi connectivity index (χ1n) is 8.90. The van der Waals surface area contributed by atoms with Crippen LogP contribution >= 0.6 is 0 Å². The van der Waals surface area contributed by atoms with Crippen molar-refractivity contribution >= 4 is 23.2 Å². The minimum Gasteiger partial charge on any atom is -0.271 e. The van der Waals surface area contributed by atoms with E-state index in [0.717, 1.165) is 29.7 Å². The molecule has 2 heterocycles. The van der Waals surface area contributed by atoms with E-state index in [1.807, 2.05) is 55.5 Å². The molecule has 0 aliphatic carbocycles. The van der Waals surface area contributed by atoms with Gasteiger partial charge in [-0.15, -0.1) is 0 Å². The van der Waals surface area contributed by atoms with Gasteiger partial charge in [-0.2, -0.15) is 5.11 Å². The molecule has 0 unspecified atom stereocenters. The molecule has 2 aliphatic heterocycles. The number of para-hydroxylation sites is 1. The van der Waals surface area contributed by atoms with Gasteiger partial charge in [0.15, 0.2) is 12.1 Å². The SMILES string of the molecule is CCc1ccc(N2C(=O)[C@H]3N=NN(c4ccccc4CC)[C@@H]3C2=O)cc1. The molecule has 6 nitrogen and oxygen atoms in total. The number of anilines is 2. The lowest BCUT2D eigenvalue weighted by molar-refractivity contribution is -0.121. The van der Waals surface area contributed by atoms with Crippen LogP contribution in [0.15, 0.2) is 58.9 Å². The highest BCUT2D eigenvalue weighted by Crippen LogP contribution is 2.36. The van der Waals surface area contributed by atoms with E-state index in [2.05, 4.69) is 17.3 Å². The van der Waals surface area contributed by atoms with Crippen LogP contribution in [-0.2, 0) is 22.4 Å². The fourth-order valence-corrected chi connectivity index (χ4v) is 3.53. The third-order valence-electron chi connectivity index (χ3n) is 5.00. The zero-order valence-corrected chi connectivity index (χ0v) is 14.8. The number of benzene rings is 2. The molecular formula is C20H20N4O2. The maximum atomic E-state index is 13.1. The molecule has 4 rings (SSSR count). The van der Waals surface area contributed by atoms with Gasteiger partial charge in [0, 0.05) is 0 Å². The van der Waals surface area contributed by atoms with Crippen LogP contribution < -0.4 is 9.91 Å². The number of aryl methyl sites for hydroxylation is 2. The molecule has 0 radical (unpaired) electrons. The van der Waals surface area contributed by atoms with Crippen molar-refractivity contribution in [2.45, 2.75) is 38.8 Å². The number of amides is 2. The van der Waals surface area contributed by atoms with E-state index in [0.29, 0.717) is 5.69 Å². The minimum atomic E-state index is -0.779. The normalized spacial score (nSPS) is 21.6. The summed E-state index contributed by atoms with van der Waals surface area (Å²) in [5.74, 6) is -0.593. The quantitative estimate of drug-likeness (QED) is 0.796. The van der Waals surface area contributed by atoms with Crippen LogP contribution in [0, 0.1) is 0 Å². The van der Waals surface area contributed by atoms with E-state index < -0.39 is 12.1 Å². The van der Waals surface area contributed by atoms with Crippen LogP contribution in [0.5, 0.6) is 0 Å². The van der Waals surface area contributed by atoms with Gasteiger partial charge in [-0.3, -0.25) is 9.59 Å². The Balaban J connectivity index is 1.69. The summed E-state index contributed by atoms with van der Waals surface area (Å²) in [4.78, 5) is 27.1. The van der Waals surface area contributed by atoms with Crippen molar-refractivity contribution in [3.05, 3.63) is 59.7 Å². The minimum absolute atomic E-state index is 0.278. The van der Waals surface area contributed by atoms with Crippen LogP contribution in [0.3, 0.4) is 0 Å². The van der Waals surface area contributed by atoms with Crippen molar-refractivity contribution in [3.63, 3.8) is 0 Å². The first-order valence-corrected chi connectivity index (χ1v) is 8.90. The Labute approximate surface area is 152 Å². The van der Waals surface area contributed by atoms with E-state index >= 15 is 0 Å². The lowest BCUT2D eigenvalue weighted by atomic mass is 10.1. The Morgan fingerprint density at radius 1 is 0.923 bits per heavy atom. The molecule has 0 bridgehead atoms. The van der Waals surface area contributed by atoms with E-state index in [1.54, 1.807) is 5.01 Å². The van der Waals surface area contributed by atoms with Gasteiger partial charge in [0.25, 0.3) is 11.8 Å². The Hall–Kier alpha value is -3.02. The van der Waals surface area contributed by atoms with Gasteiger partial charge in [-0.25, -0.2) is 9.91 Å². The van der Waals surface area contributed by atoms with Crippen LogP contribution in [0.25, 0.3) is 0 Å². The largest absolute Gasteiger partial charge is 0.271 e. The van der Waals surface area contributed by atoms with Gasteiger partial charge < -0.3 is 0 Å². The molecule has 1 saturated heterocycles. The van der Waals surface area contributed by atoms with Crippen molar-refractivity contribution in [2.75, 3.05) is 9.91 Å². The predicted octanol–water partition coefficient (Wildman–Crippen LogP) is 3.31. The van der Waals surface area contributed by atoms with Crippen molar-refractivity contribution in [2.24, 2.45) is 10.3 Å². The molecule has 26 heavy (non-hydrogen) atoms. The second kappa shape index (κ2) is 6.37. The fraction of sp³-hybridized carbons (Fsp3) is 0.300. The Morgan fingerprint density at radius 2 is 1.65 bits per heavy atom. The number of hydrogen-bond acceptors (Lipinski definition) is 5. The van der Waals surface area contributed by atoms with Gasteiger partial charge in [0.1, 0.15) is 0 Å². The average molecular weight is 348 g/mol. The summed E-state index contributed by atoms with van der Waals surface area (Å²) < 4.78 is 0. The molecule has 0 aromatic heterocycles. The van der Waals surface area contributed by atoms with Gasteiger partial charge in [-0.1, -0.05) is 49.4 Å². The number of carbonyl (C=O) groups is 2. The third kappa shape index (κ3) is 2.41. The Morgan fingerprint density at radius 3 is 2.35 bits per heavy atom. The van der Waals surface area contributed by atoms with E-state index in [9.17, 15) is 9.59 Å². The first-order chi connectivity index (χ1) is 12.7. The van der Waals surface area contributed by atoms with Crippen molar-refractivity contribution in [1.82, 2.24) is 0 Å². The van der Waals surface area contributed by atoms with Gasteiger partial charge in [0.2, 0.25) is 0 Å². The highest BCUT2D eigenvalue weighted by molar-refractivity contribution is 6.26. The van der Waals surface area contributed by atoms with Gasteiger partial charge in [-0.05, 0) is 42.2 Å². The fourth-order valence-electron chi connectivity index (χ4n) is 3.53. The molecule has 132 valence electrons. The van der Waals surface area contributed by atoms with Crippen molar-refractivity contribution in [3.8, 4) is 0 Å². The molecule has 0 spiro atoms. The summed E-state index contributed by atoms with van der Waals surface area (Å²) in [6.07, 6.45) is 1.72. The second-order valence-electron chi connectivity index (χ2n) is 6.45. The smallest absolute Gasteiger partial charge is 0.263 e. The standard InChI is InChI=1S/C20H20N4O2/c1-3-13-9-11-15(12-10-13)23-19(25)17-18(20(23)26)24(22-21-17)16-8-6-5-7-14(16)4-2/h5-12,17-18H,3-4H2,1-2H3/t17-,18-/m0/s1. The lowest BCUT2D eigenvalue weighted by Gasteiger charge is -2.22. The molecule has 2 aliphatic rings. The second-order valence-corrected chi connectivity index (χ2v) is 6.45. The number of hydrogen-bond donors (Lipinski definition) is 0. The van der Waals surface area contributed by atoms with Crippen molar-refractivity contribution < 1.29 is 9.59 Å². The molecule has 2 aromatic carbocycles. The highest BCUT2D eigenvalue weighted by Gasteiger charge is 2.55. The monoisotopic (exact) mass is 348 g/mol. The number of carbonyl (C=O) groups excluding carboxylic acids is 2. The molecule has 0 N–H and O–H groups in total. The molecule has 2 aromatic rings. The maximum Gasteiger partial charge on any atom is 0.263 e. The maximum absolute atomic E-state index is 13.1. The topological polar surface area (TPSA) is 65.3 Å². The summed E-state index contributed by atoms with van der Waals surface area (Å²) in [5, 5.41) is 9.86. The van der Waals surface area contributed by atoms with Crippen LogP contribution in [0.1, 0.15) is 25.0 Å². The van der Waals surface area contributed by atoms with Crippen LogP contribution in [0.2, 0.25) is 0 Å². The van der Waals surface area contributed by atoms with E-state index in [4.69, 9.17) is 0 Å².